The Balaban J connectivity index is 1.53. The zero-order valence-corrected chi connectivity index (χ0v) is 15.2. The molecule has 1 aromatic carbocycles. The predicted octanol–water partition coefficient (Wildman–Crippen LogP) is 2.12. The molecule has 1 fully saturated rings. The van der Waals surface area contributed by atoms with Crippen molar-refractivity contribution in [2.75, 3.05) is 33.4 Å². The third-order valence-corrected chi connectivity index (χ3v) is 5.26. The molecule has 0 bridgehead atoms. The number of methoxy groups -OCH3 is 1. The summed E-state index contributed by atoms with van der Waals surface area (Å²) in [6.45, 7) is 4.10. The van der Waals surface area contributed by atoms with Crippen LogP contribution < -0.4 is 0 Å². The van der Waals surface area contributed by atoms with Gasteiger partial charge in [-0.05, 0) is 18.1 Å². The van der Waals surface area contributed by atoms with Crippen LogP contribution in [0.15, 0.2) is 30.5 Å². The number of ether oxygens (including phenoxy) is 2. The highest BCUT2D eigenvalue weighted by atomic mass is 16.5. The summed E-state index contributed by atoms with van der Waals surface area (Å²) in [5, 5.41) is 0. The second-order valence-electron chi connectivity index (χ2n) is 6.98. The highest BCUT2D eigenvalue weighted by Crippen LogP contribution is 2.25. The Labute approximate surface area is 153 Å². The van der Waals surface area contributed by atoms with Gasteiger partial charge in [0.1, 0.15) is 5.82 Å². The Bertz CT molecular complexity index is 780. The largest absolute Gasteiger partial charge is 0.381 e. The maximum Gasteiger partial charge on any atom is 0.228 e. The topological polar surface area (TPSA) is 56.6 Å². The summed E-state index contributed by atoms with van der Waals surface area (Å²) in [5.74, 6) is 1.32. The smallest absolute Gasteiger partial charge is 0.228 e. The van der Waals surface area contributed by atoms with Gasteiger partial charge in [-0.25, -0.2) is 4.98 Å². The van der Waals surface area contributed by atoms with E-state index in [9.17, 15) is 4.79 Å². The van der Waals surface area contributed by atoms with Gasteiger partial charge in [0.15, 0.2) is 0 Å². The molecule has 6 nitrogen and oxygen atoms in total. The van der Waals surface area contributed by atoms with Gasteiger partial charge in [-0.3, -0.25) is 4.79 Å². The molecular weight excluding hydrogens is 330 g/mol. The number of aromatic nitrogens is 2. The van der Waals surface area contributed by atoms with E-state index >= 15 is 0 Å². The quantitative estimate of drug-likeness (QED) is 0.843. The molecule has 0 aliphatic carbocycles. The Kier molecular flexibility index (Phi) is 5.04. The van der Waals surface area contributed by atoms with E-state index in [1.807, 2.05) is 11.1 Å². The van der Waals surface area contributed by atoms with Gasteiger partial charge in [0.2, 0.25) is 5.91 Å². The highest BCUT2D eigenvalue weighted by Gasteiger charge is 2.29. The van der Waals surface area contributed by atoms with Crippen LogP contribution in [-0.2, 0) is 33.8 Å². The maximum atomic E-state index is 12.7. The standard InChI is InChI=1S/C20H25N3O3/c1-25-13-15-3-2-4-16(11-15)18-12-21-19-5-7-22(8-9-23(18)19)20(24)17-6-10-26-14-17/h2-4,11-12,17H,5-10,13-14H2,1H3. The molecule has 4 rings (SSSR count). The third-order valence-electron chi connectivity index (χ3n) is 5.26. The summed E-state index contributed by atoms with van der Waals surface area (Å²) in [7, 11) is 1.71. The van der Waals surface area contributed by atoms with Crippen molar-refractivity contribution in [3.8, 4) is 11.3 Å². The molecule has 1 saturated heterocycles. The molecule has 0 N–H and O–H groups in total. The fraction of sp³-hybridized carbons (Fsp3) is 0.500. The molecule has 138 valence electrons. The molecule has 1 aromatic heterocycles. The van der Waals surface area contributed by atoms with E-state index in [2.05, 4.69) is 33.8 Å². The molecule has 2 aromatic rings. The Morgan fingerprint density at radius 2 is 2.27 bits per heavy atom. The van der Waals surface area contributed by atoms with Crippen LogP contribution in [0.5, 0.6) is 0 Å². The van der Waals surface area contributed by atoms with E-state index < -0.39 is 0 Å². The summed E-state index contributed by atoms with van der Waals surface area (Å²) in [6.07, 6.45) is 3.58. The van der Waals surface area contributed by atoms with Crippen molar-refractivity contribution in [1.82, 2.24) is 14.5 Å². The van der Waals surface area contributed by atoms with Crippen molar-refractivity contribution in [2.24, 2.45) is 5.92 Å². The molecule has 0 radical (unpaired) electrons. The number of benzene rings is 1. The van der Waals surface area contributed by atoms with E-state index in [4.69, 9.17) is 9.47 Å². The molecule has 0 saturated carbocycles. The lowest BCUT2D eigenvalue weighted by Crippen LogP contribution is -2.38. The van der Waals surface area contributed by atoms with Crippen molar-refractivity contribution in [1.29, 1.82) is 0 Å². The van der Waals surface area contributed by atoms with Gasteiger partial charge in [0.05, 0.1) is 31.0 Å². The summed E-state index contributed by atoms with van der Waals surface area (Å²) in [5.41, 5.74) is 3.39. The molecule has 2 aliphatic heterocycles. The molecule has 6 heteroatoms. The Morgan fingerprint density at radius 3 is 3.08 bits per heavy atom. The highest BCUT2D eigenvalue weighted by molar-refractivity contribution is 5.79. The predicted molar refractivity (Wildman–Crippen MR) is 97.6 cm³/mol. The fourth-order valence-electron chi connectivity index (χ4n) is 3.86. The number of amides is 1. The number of fused-ring (bicyclic) bond motifs is 1. The fourth-order valence-corrected chi connectivity index (χ4v) is 3.86. The molecule has 0 spiro atoms. The van der Waals surface area contributed by atoms with Crippen LogP contribution in [0.25, 0.3) is 11.3 Å². The maximum absolute atomic E-state index is 12.7. The first-order chi connectivity index (χ1) is 12.8. The van der Waals surface area contributed by atoms with Crippen molar-refractivity contribution >= 4 is 5.91 Å². The van der Waals surface area contributed by atoms with Gasteiger partial charge in [0, 0.05) is 45.3 Å². The number of imidazole rings is 1. The van der Waals surface area contributed by atoms with Crippen LogP contribution in [0.2, 0.25) is 0 Å². The van der Waals surface area contributed by atoms with E-state index in [0.29, 0.717) is 19.8 Å². The first-order valence-corrected chi connectivity index (χ1v) is 9.25. The van der Waals surface area contributed by atoms with Crippen LogP contribution in [0.4, 0.5) is 0 Å². The molecular formula is C20H25N3O3. The van der Waals surface area contributed by atoms with Crippen LogP contribution >= 0.6 is 0 Å². The van der Waals surface area contributed by atoms with Gasteiger partial charge >= 0.3 is 0 Å². The zero-order chi connectivity index (χ0) is 17.9. The van der Waals surface area contributed by atoms with Gasteiger partial charge in [0.25, 0.3) is 0 Å². The van der Waals surface area contributed by atoms with E-state index in [0.717, 1.165) is 55.1 Å². The molecule has 26 heavy (non-hydrogen) atoms. The summed E-state index contributed by atoms with van der Waals surface area (Å²) >= 11 is 0. The Morgan fingerprint density at radius 1 is 1.35 bits per heavy atom. The van der Waals surface area contributed by atoms with Crippen LogP contribution in [-0.4, -0.2) is 53.8 Å². The lowest BCUT2D eigenvalue weighted by Gasteiger charge is -2.23. The molecule has 2 aliphatic rings. The number of hydrogen-bond donors (Lipinski definition) is 0. The van der Waals surface area contributed by atoms with Crippen molar-refractivity contribution in [3.63, 3.8) is 0 Å². The molecule has 1 unspecified atom stereocenters. The first-order valence-electron chi connectivity index (χ1n) is 9.25. The first kappa shape index (κ1) is 17.2. The summed E-state index contributed by atoms with van der Waals surface area (Å²) in [4.78, 5) is 19.3. The summed E-state index contributed by atoms with van der Waals surface area (Å²) in [6, 6.07) is 8.37. The van der Waals surface area contributed by atoms with Crippen LogP contribution in [0.3, 0.4) is 0 Å². The molecule has 1 atom stereocenters. The van der Waals surface area contributed by atoms with E-state index in [1.54, 1.807) is 7.11 Å². The average Bonchev–Trinajstić information content (AvgIpc) is 3.28. The molecule has 3 heterocycles. The SMILES string of the molecule is COCc1cccc(-c2cnc3n2CCN(C(=O)C2CCOC2)CC3)c1. The average molecular weight is 355 g/mol. The number of carbonyl (C=O) groups is 1. The van der Waals surface area contributed by atoms with Gasteiger partial charge < -0.3 is 18.9 Å². The van der Waals surface area contributed by atoms with E-state index in [1.165, 1.54) is 0 Å². The Hall–Kier alpha value is -2.18. The monoisotopic (exact) mass is 355 g/mol. The third kappa shape index (κ3) is 3.39. The number of rotatable bonds is 4. The lowest BCUT2D eigenvalue weighted by molar-refractivity contribution is -0.135. The lowest BCUT2D eigenvalue weighted by atomic mass is 10.1. The second-order valence-corrected chi connectivity index (χ2v) is 6.98. The number of hydrogen-bond acceptors (Lipinski definition) is 4. The van der Waals surface area contributed by atoms with E-state index in [-0.39, 0.29) is 11.8 Å². The van der Waals surface area contributed by atoms with Crippen molar-refractivity contribution < 1.29 is 14.3 Å². The minimum Gasteiger partial charge on any atom is -0.381 e. The van der Waals surface area contributed by atoms with Crippen LogP contribution in [0.1, 0.15) is 17.8 Å². The van der Waals surface area contributed by atoms with Gasteiger partial charge in [-0.1, -0.05) is 18.2 Å². The van der Waals surface area contributed by atoms with Gasteiger partial charge in [-0.2, -0.15) is 0 Å². The van der Waals surface area contributed by atoms with Crippen molar-refractivity contribution in [3.05, 3.63) is 41.9 Å². The van der Waals surface area contributed by atoms with Crippen LogP contribution in [0, 0.1) is 5.92 Å². The minimum atomic E-state index is 0.0330. The van der Waals surface area contributed by atoms with Crippen molar-refractivity contribution in [2.45, 2.75) is 26.0 Å². The normalized spacial score (nSPS) is 20.0. The van der Waals surface area contributed by atoms with Gasteiger partial charge in [-0.15, -0.1) is 0 Å². The second kappa shape index (κ2) is 7.60. The number of nitrogens with zero attached hydrogens (tertiary/aromatic N) is 3. The minimum absolute atomic E-state index is 0.0330. The summed E-state index contributed by atoms with van der Waals surface area (Å²) < 4.78 is 12.9. The zero-order valence-electron chi connectivity index (χ0n) is 15.2. The molecule has 1 amide bonds. The number of carbonyl (C=O) groups excluding carboxylic acids is 1.